The summed E-state index contributed by atoms with van der Waals surface area (Å²) in [6.45, 7) is 0. The van der Waals surface area contributed by atoms with Crippen LogP contribution >= 0.6 is 11.6 Å². The predicted octanol–water partition coefficient (Wildman–Crippen LogP) is 2.77. The monoisotopic (exact) mass is 267 g/mol. The second-order valence-electron chi connectivity index (χ2n) is 3.98. The Kier molecular flexibility index (Phi) is 3.62. The summed E-state index contributed by atoms with van der Waals surface area (Å²) in [7, 11) is 0. The standard InChI is InChI=1S/C8H4ClNO2.C4H6O2/c9-7-2-5(4-11)1-6-3-10-12-8(6)7;5-4(6)3-1-2-3/h1-4H;3H,1-2H2,(H,5,6). The number of carbonyl (C=O) groups is 2. The van der Waals surface area contributed by atoms with E-state index in [4.69, 9.17) is 21.2 Å². The Hall–Kier alpha value is -1.88. The van der Waals surface area contributed by atoms with Crippen molar-refractivity contribution in [1.29, 1.82) is 0 Å². The number of fused-ring (bicyclic) bond motifs is 1. The lowest BCUT2D eigenvalue weighted by atomic mass is 10.2. The van der Waals surface area contributed by atoms with Crippen molar-refractivity contribution in [3.8, 4) is 0 Å². The molecule has 1 saturated carbocycles. The first-order valence-corrected chi connectivity index (χ1v) is 5.71. The van der Waals surface area contributed by atoms with Gasteiger partial charge in [-0.25, -0.2) is 0 Å². The van der Waals surface area contributed by atoms with E-state index in [2.05, 4.69) is 5.16 Å². The van der Waals surface area contributed by atoms with Crippen molar-refractivity contribution in [3.05, 3.63) is 28.9 Å². The summed E-state index contributed by atoms with van der Waals surface area (Å²) in [6, 6.07) is 3.22. The van der Waals surface area contributed by atoms with Crippen LogP contribution in [0.25, 0.3) is 11.0 Å². The van der Waals surface area contributed by atoms with Crippen LogP contribution in [0.15, 0.2) is 22.9 Å². The molecule has 0 bridgehead atoms. The second kappa shape index (κ2) is 5.18. The zero-order valence-corrected chi connectivity index (χ0v) is 10.1. The van der Waals surface area contributed by atoms with Crippen LogP contribution in [0.5, 0.6) is 0 Å². The summed E-state index contributed by atoms with van der Waals surface area (Å²) in [5, 5.41) is 12.8. The van der Waals surface area contributed by atoms with Crippen molar-refractivity contribution in [1.82, 2.24) is 5.16 Å². The van der Waals surface area contributed by atoms with Crippen LogP contribution in [0, 0.1) is 5.92 Å². The van der Waals surface area contributed by atoms with Gasteiger partial charge >= 0.3 is 5.97 Å². The smallest absolute Gasteiger partial charge is 0.306 e. The number of hydrogen-bond acceptors (Lipinski definition) is 4. The quantitative estimate of drug-likeness (QED) is 0.846. The molecule has 0 atom stereocenters. The predicted molar refractivity (Wildman–Crippen MR) is 64.8 cm³/mol. The van der Waals surface area contributed by atoms with Crippen LogP contribution in [0.3, 0.4) is 0 Å². The lowest BCUT2D eigenvalue weighted by Crippen LogP contribution is -1.94. The van der Waals surface area contributed by atoms with Crippen LogP contribution < -0.4 is 0 Å². The van der Waals surface area contributed by atoms with E-state index in [0.29, 0.717) is 16.2 Å². The highest BCUT2D eigenvalue weighted by Crippen LogP contribution is 2.28. The number of benzene rings is 1. The lowest BCUT2D eigenvalue weighted by molar-refractivity contribution is -0.138. The van der Waals surface area contributed by atoms with E-state index < -0.39 is 5.97 Å². The molecule has 1 fully saturated rings. The molecule has 0 amide bonds. The maximum atomic E-state index is 10.4. The largest absolute Gasteiger partial charge is 0.481 e. The molecule has 1 aliphatic carbocycles. The number of carboxylic acid groups (broad SMARTS) is 1. The SMILES string of the molecule is O=C(O)C1CC1.O=Cc1cc(Cl)c2oncc2c1. The fraction of sp³-hybridized carbons (Fsp3) is 0.250. The molecule has 1 aromatic heterocycles. The summed E-state index contributed by atoms with van der Waals surface area (Å²) in [6.07, 6.45) is 4.05. The number of aromatic nitrogens is 1. The molecule has 1 N–H and O–H groups in total. The van der Waals surface area contributed by atoms with E-state index in [1.54, 1.807) is 12.1 Å². The molecule has 0 saturated heterocycles. The topological polar surface area (TPSA) is 80.4 Å². The molecule has 5 nitrogen and oxygen atoms in total. The number of nitrogens with zero attached hydrogens (tertiary/aromatic N) is 1. The van der Waals surface area contributed by atoms with Crippen molar-refractivity contribution in [2.75, 3.05) is 0 Å². The van der Waals surface area contributed by atoms with Gasteiger partial charge in [0.05, 0.1) is 17.1 Å². The van der Waals surface area contributed by atoms with Crippen molar-refractivity contribution >= 4 is 34.8 Å². The highest BCUT2D eigenvalue weighted by atomic mass is 35.5. The molecule has 0 aliphatic heterocycles. The van der Waals surface area contributed by atoms with Crippen molar-refractivity contribution in [2.24, 2.45) is 5.92 Å². The van der Waals surface area contributed by atoms with Crippen molar-refractivity contribution in [3.63, 3.8) is 0 Å². The molecule has 0 unspecified atom stereocenters. The van der Waals surface area contributed by atoms with Crippen LogP contribution in [-0.4, -0.2) is 22.5 Å². The van der Waals surface area contributed by atoms with Gasteiger partial charge in [0.25, 0.3) is 0 Å². The fourth-order valence-electron chi connectivity index (χ4n) is 1.36. The molecule has 18 heavy (non-hydrogen) atoms. The average Bonchev–Trinajstić information content (AvgIpc) is 3.09. The molecule has 94 valence electrons. The van der Waals surface area contributed by atoms with Gasteiger partial charge in [-0.3, -0.25) is 9.59 Å². The number of carbonyl (C=O) groups excluding carboxylic acids is 1. The molecule has 0 radical (unpaired) electrons. The second-order valence-corrected chi connectivity index (χ2v) is 4.38. The molecular formula is C12H10ClNO4. The number of aliphatic carboxylic acids is 1. The number of hydrogen-bond donors (Lipinski definition) is 1. The summed E-state index contributed by atoms with van der Waals surface area (Å²) in [4.78, 5) is 20.2. The minimum absolute atomic E-state index is 0.0185. The zero-order chi connectivity index (χ0) is 13.1. The Labute approximate surface area is 107 Å². The van der Waals surface area contributed by atoms with Gasteiger partial charge in [0.2, 0.25) is 0 Å². The fourth-order valence-corrected chi connectivity index (χ4v) is 1.63. The van der Waals surface area contributed by atoms with E-state index in [1.807, 2.05) is 0 Å². The van der Waals surface area contributed by atoms with Crippen LogP contribution in [0.4, 0.5) is 0 Å². The zero-order valence-electron chi connectivity index (χ0n) is 9.30. The number of aldehydes is 1. The molecule has 0 spiro atoms. The summed E-state index contributed by atoms with van der Waals surface area (Å²) >= 11 is 5.79. The van der Waals surface area contributed by atoms with Crippen LogP contribution in [0.2, 0.25) is 5.02 Å². The Morgan fingerprint density at radius 1 is 1.50 bits per heavy atom. The van der Waals surface area contributed by atoms with Gasteiger partial charge in [0.15, 0.2) is 5.58 Å². The van der Waals surface area contributed by atoms with Crippen molar-refractivity contribution in [2.45, 2.75) is 12.8 Å². The van der Waals surface area contributed by atoms with Gasteiger partial charge in [0, 0.05) is 10.9 Å². The van der Waals surface area contributed by atoms with Crippen LogP contribution in [0.1, 0.15) is 23.2 Å². The third-order valence-electron chi connectivity index (χ3n) is 2.49. The van der Waals surface area contributed by atoms with Crippen LogP contribution in [-0.2, 0) is 4.79 Å². The molecular weight excluding hydrogens is 258 g/mol. The van der Waals surface area contributed by atoms with Gasteiger partial charge in [-0.05, 0) is 25.0 Å². The first kappa shape index (κ1) is 12.6. The Morgan fingerprint density at radius 2 is 2.22 bits per heavy atom. The van der Waals surface area contributed by atoms with E-state index in [-0.39, 0.29) is 5.92 Å². The third-order valence-corrected chi connectivity index (χ3v) is 2.77. The number of carboxylic acids is 1. The van der Waals surface area contributed by atoms with Gasteiger partial charge in [-0.2, -0.15) is 0 Å². The van der Waals surface area contributed by atoms with Crippen molar-refractivity contribution < 1.29 is 19.2 Å². The van der Waals surface area contributed by atoms with E-state index in [9.17, 15) is 9.59 Å². The molecule has 1 aromatic carbocycles. The van der Waals surface area contributed by atoms with Gasteiger partial charge in [0.1, 0.15) is 6.29 Å². The summed E-state index contributed by atoms with van der Waals surface area (Å²) in [5.74, 6) is -0.611. The highest BCUT2D eigenvalue weighted by Gasteiger charge is 2.28. The number of rotatable bonds is 2. The van der Waals surface area contributed by atoms with Gasteiger partial charge in [-0.1, -0.05) is 16.8 Å². The normalized spacial score (nSPS) is 13.8. The lowest BCUT2D eigenvalue weighted by Gasteiger charge is -1.92. The Morgan fingerprint density at radius 3 is 2.72 bits per heavy atom. The number of halogens is 1. The maximum absolute atomic E-state index is 10.4. The summed E-state index contributed by atoms with van der Waals surface area (Å²) < 4.78 is 4.85. The first-order valence-electron chi connectivity index (χ1n) is 5.33. The molecule has 1 aliphatic rings. The maximum Gasteiger partial charge on any atom is 0.306 e. The van der Waals surface area contributed by atoms with E-state index in [0.717, 1.165) is 24.5 Å². The first-order chi connectivity index (χ1) is 8.61. The highest BCUT2D eigenvalue weighted by molar-refractivity contribution is 6.35. The Balaban J connectivity index is 0.000000169. The molecule has 6 heteroatoms. The van der Waals surface area contributed by atoms with Gasteiger partial charge < -0.3 is 9.63 Å². The van der Waals surface area contributed by atoms with Gasteiger partial charge in [-0.15, -0.1) is 0 Å². The molecule has 2 aromatic rings. The third kappa shape index (κ3) is 2.87. The minimum atomic E-state index is -0.630. The Bertz CT molecular complexity index is 589. The molecule has 3 rings (SSSR count). The van der Waals surface area contributed by atoms with E-state index >= 15 is 0 Å². The minimum Gasteiger partial charge on any atom is -0.481 e. The van der Waals surface area contributed by atoms with E-state index in [1.165, 1.54) is 6.20 Å². The summed E-state index contributed by atoms with van der Waals surface area (Å²) in [5.41, 5.74) is 1.04. The molecule has 1 heterocycles. The average molecular weight is 268 g/mol.